The van der Waals surface area contributed by atoms with Crippen LogP contribution in [0.2, 0.25) is 0 Å². The Morgan fingerprint density at radius 3 is 2.60 bits per heavy atom. The summed E-state index contributed by atoms with van der Waals surface area (Å²) in [4.78, 5) is 0. The molecule has 1 fully saturated rings. The van der Waals surface area contributed by atoms with E-state index in [0.29, 0.717) is 5.56 Å². The van der Waals surface area contributed by atoms with E-state index in [1.54, 1.807) is 6.07 Å². The summed E-state index contributed by atoms with van der Waals surface area (Å²) in [6, 6.07) is 2.59. The standard InChI is InChI=1S/C15H21BrF2N2/c16-14-11(7-8-12(17)15(14)18)13(20-19)9-6-10-4-2-1-3-5-10/h7-8,10,13,20H,1-6,9,19H2. The SMILES string of the molecule is NNC(CCC1CCCCC1)c1ccc(F)c(F)c1Br. The minimum Gasteiger partial charge on any atom is -0.271 e. The molecule has 1 aliphatic rings. The number of rotatable bonds is 5. The van der Waals surface area contributed by atoms with E-state index in [4.69, 9.17) is 5.84 Å². The molecule has 1 aromatic carbocycles. The molecule has 0 aliphatic heterocycles. The van der Waals surface area contributed by atoms with Crippen molar-refractivity contribution in [2.24, 2.45) is 11.8 Å². The van der Waals surface area contributed by atoms with Gasteiger partial charge >= 0.3 is 0 Å². The predicted molar refractivity (Wildman–Crippen MR) is 79.9 cm³/mol. The Balaban J connectivity index is 2.02. The van der Waals surface area contributed by atoms with Crippen LogP contribution >= 0.6 is 15.9 Å². The topological polar surface area (TPSA) is 38.0 Å². The van der Waals surface area contributed by atoms with Crippen LogP contribution in [0, 0.1) is 17.6 Å². The Bertz CT molecular complexity index is 448. The van der Waals surface area contributed by atoms with E-state index in [9.17, 15) is 8.78 Å². The lowest BCUT2D eigenvalue weighted by Crippen LogP contribution is -2.29. The molecule has 2 rings (SSSR count). The van der Waals surface area contributed by atoms with Gasteiger partial charge in [0.15, 0.2) is 11.6 Å². The highest BCUT2D eigenvalue weighted by molar-refractivity contribution is 9.10. The van der Waals surface area contributed by atoms with Gasteiger partial charge in [0.25, 0.3) is 0 Å². The summed E-state index contributed by atoms with van der Waals surface area (Å²) in [5.74, 6) is 4.64. The zero-order chi connectivity index (χ0) is 14.5. The second-order valence-corrected chi connectivity index (χ2v) is 6.36. The maximum atomic E-state index is 13.6. The summed E-state index contributed by atoms with van der Waals surface area (Å²) in [5.41, 5.74) is 3.41. The van der Waals surface area contributed by atoms with Crippen LogP contribution in [-0.4, -0.2) is 0 Å². The van der Waals surface area contributed by atoms with Gasteiger partial charge in [-0.3, -0.25) is 11.3 Å². The Hall–Kier alpha value is -0.520. The molecule has 0 bridgehead atoms. The summed E-state index contributed by atoms with van der Waals surface area (Å²) >= 11 is 3.13. The summed E-state index contributed by atoms with van der Waals surface area (Å²) in [5, 5.41) is 0. The van der Waals surface area contributed by atoms with Crippen molar-refractivity contribution < 1.29 is 8.78 Å². The van der Waals surface area contributed by atoms with E-state index in [1.807, 2.05) is 0 Å². The number of hydrogen-bond donors (Lipinski definition) is 2. The van der Waals surface area contributed by atoms with E-state index in [-0.39, 0.29) is 10.5 Å². The predicted octanol–water partition coefficient (Wildman–Crippen LogP) is 4.59. The summed E-state index contributed by atoms with van der Waals surface area (Å²) in [6.07, 6.45) is 8.40. The number of nitrogens with two attached hydrogens (primary N) is 1. The minimum absolute atomic E-state index is 0.151. The maximum Gasteiger partial charge on any atom is 0.173 e. The van der Waals surface area contributed by atoms with Crippen molar-refractivity contribution >= 4 is 15.9 Å². The fraction of sp³-hybridized carbons (Fsp3) is 0.600. The number of halogens is 3. The average Bonchev–Trinajstić information content (AvgIpc) is 2.48. The van der Waals surface area contributed by atoms with Crippen LogP contribution in [0.4, 0.5) is 8.78 Å². The van der Waals surface area contributed by atoms with Crippen molar-refractivity contribution in [3.8, 4) is 0 Å². The molecule has 1 unspecified atom stereocenters. The molecule has 0 heterocycles. The van der Waals surface area contributed by atoms with Crippen LogP contribution in [0.1, 0.15) is 56.6 Å². The second-order valence-electron chi connectivity index (χ2n) is 5.57. The molecule has 1 saturated carbocycles. The smallest absolute Gasteiger partial charge is 0.173 e. The van der Waals surface area contributed by atoms with Gasteiger partial charge in [-0.05, 0) is 46.3 Å². The first-order chi connectivity index (χ1) is 9.63. The van der Waals surface area contributed by atoms with Crippen LogP contribution < -0.4 is 11.3 Å². The number of hydrazine groups is 1. The van der Waals surface area contributed by atoms with Gasteiger partial charge in [0.2, 0.25) is 0 Å². The van der Waals surface area contributed by atoms with Crippen molar-refractivity contribution in [2.45, 2.75) is 51.0 Å². The van der Waals surface area contributed by atoms with Crippen LogP contribution in [0.5, 0.6) is 0 Å². The molecule has 0 saturated heterocycles. The largest absolute Gasteiger partial charge is 0.271 e. The Kier molecular flexibility index (Phi) is 5.93. The molecular formula is C15H21BrF2N2. The van der Waals surface area contributed by atoms with Crippen molar-refractivity contribution in [3.05, 3.63) is 33.8 Å². The molecule has 5 heteroatoms. The van der Waals surface area contributed by atoms with Crippen molar-refractivity contribution in [1.29, 1.82) is 0 Å². The third-order valence-electron chi connectivity index (χ3n) is 4.23. The van der Waals surface area contributed by atoms with Crippen LogP contribution in [0.25, 0.3) is 0 Å². The first-order valence-corrected chi connectivity index (χ1v) is 8.02. The Morgan fingerprint density at radius 1 is 1.25 bits per heavy atom. The molecule has 2 nitrogen and oxygen atoms in total. The van der Waals surface area contributed by atoms with Gasteiger partial charge in [0.05, 0.1) is 4.47 Å². The lowest BCUT2D eigenvalue weighted by Gasteiger charge is -2.24. The number of hydrogen-bond acceptors (Lipinski definition) is 2. The molecule has 0 aromatic heterocycles. The zero-order valence-corrected chi connectivity index (χ0v) is 13.1. The van der Waals surface area contributed by atoms with Gasteiger partial charge in [-0.1, -0.05) is 38.2 Å². The third-order valence-corrected chi connectivity index (χ3v) is 5.04. The van der Waals surface area contributed by atoms with Crippen molar-refractivity contribution in [1.82, 2.24) is 5.43 Å². The first-order valence-electron chi connectivity index (χ1n) is 7.23. The van der Waals surface area contributed by atoms with Crippen LogP contribution in [0.3, 0.4) is 0 Å². The minimum atomic E-state index is -0.847. The molecule has 20 heavy (non-hydrogen) atoms. The Morgan fingerprint density at radius 2 is 1.95 bits per heavy atom. The highest BCUT2D eigenvalue weighted by Crippen LogP contribution is 2.33. The van der Waals surface area contributed by atoms with E-state index in [2.05, 4.69) is 21.4 Å². The van der Waals surface area contributed by atoms with Gasteiger partial charge in [0, 0.05) is 6.04 Å². The van der Waals surface area contributed by atoms with E-state index >= 15 is 0 Å². The lowest BCUT2D eigenvalue weighted by atomic mass is 9.84. The molecule has 112 valence electrons. The molecule has 0 spiro atoms. The number of nitrogens with one attached hydrogen (secondary N) is 1. The molecule has 1 aromatic rings. The van der Waals surface area contributed by atoms with E-state index in [1.165, 1.54) is 32.1 Å². The highest BCUT2D eigenvalue weighted by Gasteiger charge is 2.20. The summed E-state index contributed by atoms with van der Waals surface area (Å²) < 4.78 is 26.9. The maximum absolute atomic E-state index is 13.6. The zero-order valence-electron chi connectivity index (χ0n) is 11.5. The monoisotopic (exact) mass is 346 g/mol. The molecular weight excluding hydrogens is 326 g/mol. The number of benzene rings is 1. The van der Waals surface area contributed by atoms with Crippen molar-refractivity contribution in [3.63, 3.8) is 0 Å². The first kappa shape index (κ1) is 15.9. The second kappa shape index (κ2) is 7.48. The van der Waals surface area contributed by atoms with Gasteiger partial charge in [-0.2, -0.15) is 0 Å². The summed E-state index contributed by atoms with van der Waals surface area (Å²) in [6.45, 7) is 0. The summed E-state index contributed by atoms with van der Waals surface area (Å²) in [7, 11) is 0. The highest BCUT2D eigenvalue weighted by atomic mass is 79.9. The van der Waals surface area contributed by atoms with Crippen molar-refractivity contribution in [2.75, 3.05) is 0 Å². The molecule has 1 atom stereocenters. The molecule has 0 amide bonds. The van der Waals surface area contributed by atoms with Gasteiger partial charge in [-0.15, -0.1) is 0 Å². The molecule has 0 radical (unpaired) electrons. The van der Waals surface area contributed by atoms with E-state index < -0.39 is 11.6 Å². The lowest BCUT2D eigenvalue weighted by molar-refractivity contribution is 0.314. The van der Waals surface area contributed by atoms with Gasteiger partial charge < -0.3 is 0 Å². The molecule has 3 N–H and O–H groups in total. The Labute approximate surface area is 127 Å². The normalized spacial score (nSPS) is 18.2. The average molecular weight is 347 g/mol. The fourth-order valence-electron chi connectivity index (χ4n) is 3.02. The third kappa shape index (κ3) is 3.77. The quantitative estimate of drug-likeness (QED) is 0.464. The van der Waals surface area contributed by atoms with E-state index in [0.717, 1.165) is 24.8 Å². The van der Waals surface area contributed by atoms with Crippen LogP contribution in [-0.2, 0) is 0 Å². The van der Waals surface area contributed by atoms with Gasteiger partial charge in [-0.25, -0.2) is 8.78 Å². The molecule has 1 aliphatic carbocycles. The fourth-order valence-corrected chi connectivity index (χ4v) is 3.61. The van der Waals surface area contributed by atoms with Crippen LogP contribution in [0.15, 0.2) is 16.6 Å². The van der Waals surface area contributed by atoms with Gasteiger partial charge in [0.1, 0.15) is 0 Å².